The van der Waals surface area contributed by atoms with Gasteiger partial charge in [-0.15, -0.1) is 10.2 Å². The summed E-state index contributed by atoms with van der Waals surface area (Å²) in [6, 6.07) is 8.31. The van der Waals surface area contributed by atoms with Crippen molar-refractivity contribution in [2.45, 2.75) is 18.8 Å². The summed E-state index contributed by atoms with van der Waals surface area (Å²) in [6.45, 7) is 1.36. The molecule has 3 heterocycles. The summed E-state index contributed by atoms with van der Waals surface area (Å²) in [5.74, 6) is 0.866. The molecule has 0 amide bonds. The number of nitrogens with zero attached hydrogens (tertiary/aromatic N) is 5. The molecule has 0 atom stereocenters. The Labute approximate surface area is 180 Å². The van der Waals surface area contributed by atoms with Crippen LogP contribution in [0.2, 0.25) is 0 Å². The Bertz CT molecular complexity index is 1190. The Balaban J connectivity index is 1.69. The third kappa shape index (κ3) is 4.46. The largest absolute Gasteiger partial charge is 0.369 e. The number of aromatic nitrogens is 4. The Morgan fingerprint density at radius 3 is 2.48 bits per heavy atom. The molecule has 2 aromatic heterocycles. The Morgan fingerprint density at radius 1 is 1.16 bits per heavy atom. The van der Waals surface area contributed by atoms with Crippen LogP contribution in [0.1, 0.15) is 24.6 Å². The van der Waals surface area contributed by atoms with Gasteiger partial charge in [-0.3, -0.25) is 4.72 Å². The Hall–Kier alpha value is -3.21. The van der Waals surface area contributed by atoms with Crippen LogP contribution in [-0.4, -0.2) is 47.5 Å². The van der Waals surface area contributed by atoms with E-state index in [4.69, 9.17) is 5.73 Å². The van der Waals surface area contributed by atoms with Crippen molar-refractivity contribution < 1.29 is 12.8 Å². The highest BCUT2D eigenvalue weighted by atomic mass is 32.2. The Kier molecular flexibility index (Phi) is 5.52. The third-order valence-corrected chi connectivity index (χ3v) is 6.08. The zero-order chi connectivity index (χ0) is 22.2. The number of nitrogen functional groups attached to an aromatic ring is 1. The normalized spacial score (nSPS) is 15.3. The van der Waals surface area contributed by atoms with Crippen LogP contribution in [0.5, 0.6) is 0 Å². The highest BCUT2D eigenvalue weighted by Gasteiger charge is 2.28. The van der Waals surface area contributed by atoms with Crippen molar-refractivity contribution in [3.8, 4) is 11.1 Å². The first-order valence-corrected chi connectivity index (χ1v) is 11.7. The predicted molar refractivity (Wildman–Crippen MR) is 118 cm³/mol. The minimum absolute atomic E-state index is 0.206. The molecule has 1 aromatic carbocycles. The summed E-state index contributed by atoms with van der Waals surface area (Å²) in [4.78, 5) is 5.90. The Morgan fingerprint density at radius 2 is 1.90 bits per heavy atom. The zero-order valence-electron chi connectivity index (χ0n) is 17.3. The van der Waals surface area contributed by atoms with Gasteiger partial charge in [0.15, 0.2) is 0 Å². The molecular weight excluding hydrogens is 421 g/mol. The van der Waals surface area contributed by atoms with Crippen molar-refractivity contribution in [1.29, 1.82) is 0 Å². The predicted octanol–water partition coefficient (Wildman–Crippen LogP) is 2.35. The van der Waals surface area contributed by atoms with E-state index in [1.165, 1.54) is 12.3 Å². The van der Waals surface area contributed by atoms with Gasteiger partial charge < -0.3 is 15.2 Å². The summed E-state index contributed by atoms with van der Waals surface area (Å²) in [7, 11) is -1.64. The number of hydrogen-bond donors (Lipinski definition) is 2. The van der Waals surface area contributed by atoms with Crippen molar-refractivity contribution in [2.75, 3.05) is 34.7 Å². The first-order valence-electron chi connectivity index (χ1n) is 9.85. The van der Waals surface area contributed by atoms with E-state index in [1.54, 1.807) is 22.8 Å². The molecule has 0 radical (unpaired) electrons. The average Bonchev–Trinajstić information content (AvgIpc) is 3.06. The average molecular weight is 446 g/mol. The molecule has 1 aliphatic heterocycles. The first-order chi connectivity index (χ1) is 14.7. The lowest BCUT2D eigenvalue weighted by molar-refractivity contribution is 0.475. The summed E-state index contributed by atoms with van der Waals surface area (Å²) < 4.78 is 41.7. The molecule has 0 aliphatic carbocycles. The number of sulfonamides is 1. The molecule has 0 bridgehead atoms. The van der Waals surface area contributed by atoms with Crippen molar-refractivity contribution in [1.82, 2.24) is 19.7 Å². The summed E-state index contributed by atoms with van der Waals surface area (Å²) in [5, 5.41) is 8.16. The van der Waals surface area contributed by atoms with Crippen LogP contribution in [0.15, 0.2) is 36.5 Å². The number of rotatable bonds is 5. The molecule has 0 unspecified atom stereocenters. The molecule has 9 nitrogen and oxygen atoms in total. The second kappa shape index (κ2) is 8.14. The number of anilines is 3. The van der Waals surface area contributed by atoms with Gasteiger partial charge in [0.25, 0.3) is 0 Å². The zero-order valence-corrected chi connectivity index (χ0v) is 18.1. The highest BCUT2D eigenvalue weighted by Crippen LogP contribution is 2.40. The van der Waals surface area contributed by atoms with Crippen molar-refractivity contribution in [3.63, 3.8) is 0 Å². The third-order valence-electron chi connectivity index (χ3n) is 5.49. The maximum atomic E-state index is 13.4. The van der Waals surface area contributed by atoms with Gasteiger partial charge in [-0.05, 0) is 31.0 Å². The summed E-state index contributed by atoms with van der Waals surface area (Å²) in [5.41, 5.74) is 8.53. The molecule has 11 heteroatoms. The molecule has 1 fully saturated rings. The fourth-order valence-corrected chi connectivity index (χ4v) is 4.57. The van der Waals surface area contributed by atoms with Gasteiger partial charge >= 0.3 is 0 Å². The molecule has 3 aromatic rings. The number of nitrogens with two attached hydrogens (primary N) is 1. The molecule has 31 heavy (non-hydrogen) atoms. The minimum atomic E-state index is -3.49. The first kappa shape index (κ1) is 21.0. The summed E-state index contributed by atoms with van der Waals surface area (Å²) >= 11 is 0. The lowest BCUT2D eigenvalue weighted by Gasteiger charge is -2.35. The maximum absolute atomic E-state index is 13.4. The van der Waals surface area contributed by atoms with Gasteiger partial charge in [0, 0.05) is 43.4 Å². The van der Waals surface area contributed by atoms with Crippen LogP contribution < -0.4 is 15.4 Å². The van der Waals surface area contributed by atoms with Gasteiger partial charge in [-0.2, -0.15) is 4.39 Å². The van der Waals surface area contributed by atoms with E-state index in [0.717, 1.165) is 36.2 Å². The van der Waals surface area contributed by atoms with E-state index in [-0.39, 0.29) is 5.92 Å². The minimum Gasteiger partial charge on any atom is -0.369 e. The van der Waals surface area contributed by atoms with Gasteiger partial charge in [0.05, 0.1) is 17.6 Å². The van der Waals surface area contributed by atoms with Crippen LogP contribution in [-0.2, 0) is 17.1 Å². The molecule has 4 rings (SSSR count). The quantitative estimate of drug-likeness (QED) is 0.579. The molecule has 0 saturated carbocycles. The van der Waals surface area contributed by atoms with E-state index in [2.05, 4.69) is 24.8 Å². The number of para-hydroxylation sites is 1. The summed E-state index contributed by atoms with van der Waals surface area (Å²) in [6.07, 6.45) is 4.18. The van der Waals surface area contributed by atoms with Crippen molar-refractivity contribution in [2.24, 2.45) is 7.05 Å². The topological polar surface area (TPSA) is 119 Å². The maximum Gasteiger partial charge on any atom is 0.229 e. The van der Waals surface area contributed by atoms with Gasteiger partial charge in [0.2, 0.25) is 21.9 Å². The number of hydrogen-bond acceptors (Lipinski definition) is 7. The molecule has 1 aliphatic rings. The monoisotopic (exact) mass is 445 g/mol. The molecule has 1 saturated heterocycles. The smallest absolute Gasteiger partial charge is 0.229 e. The van der Waals surface area contributed by atoms with Crippen molar-refractivity contribution >= 4 is 27.3 Å². The van der Waals surface area contributed by atoms with Crippen LogP contribution in [0, 0.1) is 5.95 Å². The number of piperidine rings is 1. The van der Waals surface area contributed by atoms with Crippen LogP contribution in [0.25, 0.3) is 11.1 Å². The number of nitrogens with one attached hydrogen (secondary N) is 1. The van der Waals surface area contributed by atoms with Gasteiger partial charge in [-0.25, -0.2) is 13.4 Å². The van der Waals surface area contributed by atoms with E-state index in [9.17, 15) is 12.8 Å². The van der Waals surface area contributed by atoms with Crippen LogP contribution in [0.3, 0.4) is 0 Å². The number of benzene rings is 1. The fourth-order valence-electron chi connectivity index (χ4n) is 4.01. The van der Waals surface area contributed by atoms with Crippen LogP contribution >= 0.6 is 0 Å². The standard InChI is InChI=1S/C20H24FN7O2S/c1-27-19(24-25-20(27)22)13-8-10-28(11-9-13)18-15(14-6-7-17(21)23-12-14)4-3-5-16(18)26-31(2,29)30/h3-7,12-13,26H,8-11H2,1-2H3,(H2,22,25). The molecule has 3 N–H and O–H groups in total. The number of halogens is 1. The molecule has 164 valence electrons. The second-order valence-corrected chi connectivity index (χ2v) is 9.43. The van der Waals surface area contributed by atoms with E-state index < -0.39 is 16.0 Å². The SMILES string of the molecule is Cn1c(N)nnc1C1CCN(c2c(NS(C)(=O)=O)cccc2-c2ccc(F)nc2)CC1. The van der Waals surface area contributed by atoms with Crippen molar-refractivity contribution in [3.05, 3.63) is 48.3 Å². The van der Waals surface area contributed by atoms with E-state index in [0.29, 0.717) is 30.3 Å². The lowest BCUT2D eigenvalue weighted by Crippen LogP contribution is -2.34. The number of pyridine rings is 1. The highest BCUT2D eigenvalue weighted by molar-refractivity contribution is 7.92. The van der Waals surface area contributed by atoms with E-state index in [1.807, 2.05) is 13.1 Å². The van der Waals surface area contributed by atoms with Crippen LogP contribution in [0.4, 0.5) is 21.7 Å². The van der Waals surface area contributed by atoms with Gasteiger partial charge in [-0.1, -0.05) is 12.1 Å². The molecule has 0 spiro atoms. The lowest BCUT2D eigenvalue weighted by atomic mass is 9.94. The van der Waals surface area contributed by atoms with E-state index >= 15 is 0 Å². The second-order valence-electron chi connectivity index (χ2n) is 7.68. The van der Waals surface area contributed by atoms with Gasteiger partial charge in [0.1, 0.15) is 5.82 Å². The molecular formula is C20H24FN7O2S. The fraction of sp³-hybridized carbons (Fsp3) is 0.350.